The minimum absolute atomic E-state index is 1.14. The standard InChI is InChI=1S/C5H6N2S/c1-2-8-5-3-6-4-7(1)5/h3-4H,1-2H2. The molecular weight excluding hydrogens is 120 g/mol. The number of aromatic nitrogens is 2. The number of rotatable bonds is 0. The zero-order chi connectivity index (χ0) is 5.40. The lowest BCUT2D eigenvalue weighted by Gasteiger charge is -1.86. The van der Waals surface area contributed by atoms with Crippen molar-refractivity contribution >= 4 is 11.8 Å². The van der Waals surface area contributed by atoms with E-state index in [9.17, 15) is 0 Å². The summed E-state index contributed by atoms with van der Waals surface area (Å²) < 4.78 is 2.17. The van der Waals surface area contributed by atoms with Crippen molar-refractivity contribution in [3.8, 4) is 0 Å². The SMILES string of the molecule is c1ncn2c1SCC2. The molecule has 0 bridgehead atoms. The monoisotopic (exact) mass is 126 g/mol. The molecule has 0 fully saturated rings. The van der Waals surface area contributed by atoms with Crippen LogP contribution < -0.4 is 0 Å². The van der Waals surface area contributed by atoms with E-state index in [1.165, 1.54) is 10.8 Å². The highest BCUT2D eigenvalue weighted by atomic mass is 32.2. The molecule has 0 unspecified atom stereocenters. The molecule has 2 rings (SSSR count). The van der Waals surface area contributed by atoms with E-state index in [4.69, 9.17) is 0 Å². The second kappa shape index (κ2) is 1.52. The summed E-state index contributed by atoms with van der Waals surface area (Å²) in [5, 5.41) is 1.31. The van der Waals surface area contributed by atoms with Crippen LogP contribution in [0.4, 0.5) is 0 Å². The highest BCUT2D eigenvalue weighted by Crippen LogP contribution is 2.23. The van der Waals surface area contributed by atoms with Crippen LogP contribution in [-0.4, -0.2) is 15.3 Å². The minimum atomic E-state index is 1.14. The molecular formula is C5H6N2S. The molecule has 3 heteroatoms. The molecule has 0 amide bonds. The molecule has 1 aromatic heterocycles. The van der Waals surface area contributed by atoms with E-state index >= 15 is 0 Å². The van der Waals surface area contributed by atoms with Crippen LogP contribution in [0, 0.1) is 0 Å². The van der Waals surface area contributed by atoms with Crippen molar-refractivity contribution in [2.24, 2.45) is 0 Å². The number of aryl methyl sites for hydroxylation is 1. The molecule has 0 radical (unpaired) electrons. The lowest BCUT2D eigenvalue weighted by Crippen LogP contribution is -1.88. The van der Waals surface area contributed by atoms with Crippen LogP contribution in [0.5, 0.6) is 0 Å². The van der Waals surface area contributed by atoms with Crippen molar-refractivity contribution in [3.05, 3.63) is 12.5 Å². The zero-order valence-electron chi connectivity index (χ0n) is 4.37. The fraction of sp³-hybridized carbons (Fsp3) is 0.400. The van der Waals surface area contributed by atoms with Crippen molar-refractivity contribution in [2.75, 3.05) is 5.75 Å². The van der Waals surface area contributed by atoms with Gasteiger partial charge in [0.15, 0.2) is 0 Å². The lowest BCUT2D eigenvalue weighted by molar-refractivity contribution is 0.736. The highest BCUT2D eigenvalue weighted by Gasteiger charge is 2.07. The molecule has 8 heavy (non-hydrogen) atoms. The predicted octanol–water partition coefficient (Wildman–Crippen LogP) is 0.989. The smallest absolute Gasteiger partial charge is 0.0955 e. The third-order valence-electron chi connectivity index (χ3n) is 1.26. The van der Waals surface area contributed by atoms with Crippen molar-refractivity contribution in [2.45, 2.75) is 11.6 Å². The van der Waals surface area contributed by atoms with Crippen LogP contribution in [0.15, 0.2) is 17.6 Å². The molecule has 0 saturated heterocycles. The molecule has 2 nitrogen and oxygen atoms in total. The Morgan fingerprint density at radius 1 is 1.75 bits per heavy atom. The molecule has 0 saturated carbocycles. The summed E-state index contributed by atoms with van der Waals surface area (Å²) in [5.74, 6) is 1.22. The van der Waals surface area contributed by atoms with Gasteiger partial charge < -0.3 is 4.57 Å². The Hall–Kier alpha value is -0.440. The summed E-state index contributed by atoms with van der Waals surface area (Å²) in [6.07, 6.45) is 3.80. The predicted molar refractivity (Wildman–Crippen MR) is 33.0 cm³/mol. The third kappa shape index (κ3) is 0.478. The second-order valence-corrected chi connectivity index (χ2v) is 2.89. The summed E-state index contributed by atoms with van der Waals surface area (Å²) in [5.41, 5.74) is 0. The Morgan fingerprint density at radius 2 is 2.75 bits per heavy atom. The maximum atomic E-state index is 3.99. The van der Waals surface area contributed by atoms with Gasteiger partial charge in [0.1, 0.15) is 0 Å². The maximum absolute atomic E-state index is 3.99. The van der Waals surface area contributed by atoms with Gasteiger partial charge >= 0.3 is 0 Å². The van der Waals surface area contributed by atoms with Crippen LogP contribution in [0.1, 0.15) is 0 Å². The topological polar surface area (TPSA) is 17.8 Å². The molecule has 1 aromatic rings. The highest BCUT2D eigenvalue weighted by molar-refractivity contribution is 7.99. The average molecular weight is 126 g/mol. The van der Waals surface area contributed by atoms with E-state index in [0.29, 0.717) is 0 Å². The fourth-order valence-electron chi connectivity index (χ4n) is 0.845. The third-order valence-corrected chi connectivity index (χ3v) is 2.28. The normalized spacial score (nSPS) is 16.5. The van der Waals surface area contributed by atoms with Crippen molar-refractivity contribution < 1.29 is 0 Å². The Bertz CT molecular complexity index is 176. The first-order chi connectivity index (χ1) is 3.97. The van der Waals surface area contributed by atoms with Crippen LogP contribution in [0.3, 0.4) is 0 Å². The molecule has 1 aliphatic rings. The Morgan fingerprint density at radius 3 is 3.62 bits per heavy atom. The minimum Gasteiger partial charge on any atom is -0.325 e. The number of imidazole rings is 1. The number of nitrogens with zero attached hydrogens (tertiary/aromatic N) is 2. The Labute approximate surface area is 51.9 Å². The van der Waals surface area contributed by atoms with E-state index in [2.05, 4.69) is 9.55 Å². The van der Waals surface area contributed by atoms with Gasteiger partial charge in [0.25, 0.3) is 0 Å². The maximum Gasteiger partial charge on any atom is 0.0955 e. The molecule has 0 spiro atoms. The van der Waals surface area contributed by atoms with Crippen LogP contribution in [0.2, 0.25) is 0 Å². The van der Waals surface area contributed by atoms with Crippen molar-refractivity contribution in [1.82, 2.24) is 9.55 Å². The van der Waals surface area contributed by atoms with Gasteiger partial charge in [-0.3, -0.25) is 0 Å². The molecule has 1 aliphatic heterocycles. The van der Waals surface area contributed by atoms with E-state index < -0.39 is 0 Å². The van der Waals surface area contributed by atoms with Gasteiger partial charge in [0.2, 0.25) is 0 Å². The summed E-state index contributed by atoms with van der Waals surface area (Å²) in [4.78, 5) is 3.99. The van der Waals surface area contributed by atoms with Crippen molar-refractivity contribution in [1.29, 1.82) is 0 Å². The van der Waals surface area contributed by atoms with Crippen molar-refractivity contribution in [3.63, 3.8) is 0 Å². The van der Waals surface area contributed by atoms with Gasteiger partial charge in [-0.1, -0.05) is 0 Å². The molecule has 0 N–H and O–H groups in total. The van der Waals surface area contributed by atoms with E-state index in [1.54, 1.807) is 0 Å². The van der Waals surface area contributed by atoms with E-state index in [0.717, 1.165) is 6.54 Å². The summed E-state index contributed by atoms with van der Waals surface area (Å²) in [7, 11) is 0. The number of fused-ring (bicyclic) bond motifs is 1. The first-order valence-electron chi connectivity index (χ1n) is 2.60. The summed E-state index contributed by atoms with van der Waals surface area (Å²) in [6, 6.07) is 0. The fourth-order valence-corrected chi connectivity index (χ4v) is 1.78. The average Bonchev–Trinajstić information content (AvgIpc) is 2.15. The largest absolute Gasteiger partial charge is 0.325 e. The van der Waals surface area contributed by atoms with Gasteiger partial charge in [-0.05, 0) is 0 Å². The Balaban J connectivity index is 2.54. The van der Waals surface area contributed by atoms with Gasteiger partial charge in [0.05, 0.1) is 17.6 Å². The molecule has 42 valence electrons. The Kier molecular flexibility index (Phi) is 0.842. The number of hydrogen-bond donors (Lipinski definition) is 0. The zero-order valence-corrected chi connectivity index (χ0v) is 5.19. The lowest BCUT2D eigenvalue weighted by atomic mass is 10.7. The molecule has 2 heterocycles. The van der Waals surface area contributed by atoms with Crippen LogP contribution >= 0.6 is 11.8 Å². The number of thioether (sulfide) groups is 1. The van der Waals surface area contributed by atoms with Gasteiger partial charge in [-0.25, -0.2) is 4.98 Å². The summed E-state index contributed by atoms with van der Waals surface area (Å²) in [6.45, 7) is 1.14. The van der Waals surface area contributed by atoms with Crippen LogP contribution in [-0.2, 0) is 6.54 Å². The molecule has 0 aromatic carbocycles. The van der Waals surface area contributed by atoms with E-state index in [-0.39, 0.29) is 0 Å². The van der Waals surface area contributed by atoms with E-state index in [1.807, 2.05) is 24.3 Å². The molecule has 0 atom stereocenters. The first kappa shape index (κ1) is 4.44. The summed E-state index contributed by atoms with van der Waals surface area (Å²) >= 11 is 1.87. The second-order valence-electron chi connectivity index (χ2n) is 1.77. The van der Waals surface area contributed by atoms with Crippen LogP contribution in [0.25, 0.3) is 0 Å². The first-order valence-corrected chi connectivity index (χ1v) is 3.58. The quantitative estimate of drug-likeness (QED) is 0.516. The van der Waals surface area contributed by atoms with Gasteiger partial charge in [-0.15, -0.1) is 11.8 Å². The van der Waals surface area contributed by atoms with Gasteiger partial charge in [-0.2, -0.15) is 0 Å². The van der Waals surface area contributed by atoms with Gasteiger partial charge in [0, 0.05) is 12.3 Å². The number of hydrogen-bond acceptors (Lipinski definition) is 2. The molecule has 0 aliphatic carbocycles.